The lowest BCUT2D eigenvalue weighted by Gasteiger charge is -2.37. The van der Waals surface area contributed by atoms with Crippen LogP contribution < -0.4 is 0 Å². The fourth-order valence-electron chi connectivity index (χ4n) is 2.29. The SMILES string of the molecule is CC.CC(=O)N1CCCC(F)(c2ccc(Cl)c(Cl)c2)C1. The molecule has 1 aliphatic rings. The predicted molar refractivity (Wildman–Crippen MR) is 82.1 cm³/mol. The summed E-state index contributed by atoms with van der Waals surface area (Å²) in [5.74, 6) is -0.100. The summed E-state index contributed by atoms with van der Waals surface area (Å²) < 4.78 is 14.9. The Balaban J connectivity index is 0.000000956. The molecule has 1 aromatic carbocycles. The van der Waals surface area contributed by atoms with Crippen LogP contribution in [0.25, 0.3) is 0 Å². The van der Waals surface area contributed by atoms with Crippen molar-refractivity contribution in [3.05, 3.63) is 33.8 Å². The molecule has 2 nitrogen and oxygen atoms in total. The monoisotopic (exact) mass is 319 g/mol. The first-order chi connectivity index (χ1) is 9.42. The minimum Gasteiger partial charge on any atom is -0.339 e. The van der Waals surface area contributed by atoms with Gasteiger partial charge in [-0.15, -0.1) is 0 Å². The van der Waals surface area contributed by atoms with Gasteiger partial charge in [0.05, 0.1) is 16.6 Å². The van der Waals surface area contributed by atoms with Gasteiger partial charge in [0.1, 0.15) is 0 Å². The van der Waals surface area contributed by atoms with Gasteiger partial charge in [-0.1, -0.05) is 43.1 Å². The van der Waals surface area contributed by atoms with Crippen molar-refractivity contribution < 1.29 is 9.18 Å². The smallest absolute Gasteiger partial charge is 0.219 e. The Kier molecular flexibility index (Phi) is 6.28. The van der Waals surface area contributed by atoms with Crippen LogP contribution in [-0.2, 0) is 10.5 Å². The Bertz CT molecular complexity index is 481. The molecule has 0 spiro atoms. The van der Waals surface area contributed by atoms with Gasteiger partial charge in [0.15, 0.2) is 5.67 Å². The molecule has 0 aliphatic carbocycles. The van der Waals surface area contributed by atoms with E-state index in [1.807, 2.05) is 13.8 Å². The fraction of sp³-hybridized carbons (Fsp3) is 0.533. The highest BCUT2D eigenvalue weighted by Gasteiger charge is 2.38. The normalized spacial score (nSPS) is 22.0. The maximum absolute atomic E-state index is 14.9. The molecule has 5 heteroatoms. The number of halogens is 3. The van der Waals surface area contributed by atoms with Gasteiger partial charge in [-0.05, 0) is 30.5 Å². The molecule has 0 bridgehead atoms. The molecule has 0 aromatic heterocycles. The minimum absolute atomic E-state index is 0.0836. The highest BCUT2D eigenvalue weighted by atomic mass is 35.5. The maximum Gasteiger partial charge on any atom is 0.219 e. The van der Waals surface area contributed by atoms with Crippen molar-refractivity contribution in [2.24, 2.45) is 0 Å². The summed E-state index contributed by atoms with van der Waals surface area (Å²) in [6, 6.07) is 4.78. The van der Waals surface area contributed by atoms with Crippen LogP contribution in [0.2, 0.25) is 10.0 Å². The molecule has 20 heavy (non-hydrogen) atoms. The van der Waals surface area contributed by atoms with Crippen molar-refractivity contribution in [3.8, 4) is 0 Å². The number of nitrogens with zero attached hydrogens (tertiary/aromatic N) is 1. The van der Waals surface area contributed by atoms with Gasteiger partial charge in [0, 0.05) is 13.5 Å². The molecule has 1 atom stereocenters. The molecular weight excluding hydrogens is 300 g/mol. The molecule has 2 rings (SSSR count). The second kappa shape index (κ2) is 7.28. The van der Waals surface area contributed by atoms with Crippen LogP contribution in [0.15, 0.2) is 18.2 Å². The van der Waals surface area contributed by atoms with E-state index < -0.39 is 5.67 Å². The number of alkyl halides is 1. The third kappa shape index (κ3) is 3.86. The van der Waals surface area contributed by atoms with E-state index in [0.29, 0.717) is 35.0 Å². The average molecular weight is 320 g/mol. The predicted octanol–water partition coefficient (Wildman–Crippen LogP) is 4.83. The lowest BCUT2D eigenvalue weighted by atomic mass is 9.87. The van der Waals surface area contributed by atoms with Gasteiger partial charge < -0.3 is 4.90 Å². The maximum atomic E-state index is 14.9. The molecule has 0 radical (unpaired) electrons. The zero-order chi connectivity index (χ0) is 15.3. The number of carbonyl (C=O) groups is 1. The summed E-state index contributed by atoms with van der Waals surface area (Å²) in [6.07, 6.45) is 1.05. The molecule has 1 unspecified atom stereocenters. The van der Waals surface area contributed by atoms with E-state index in [2.05, 4.69) is 0 Å². The summed E-state index contributed by atoms with van der Waals surface area (Å²) in [7, 11) is 0. The van der Waals surface area contributed by atoms with Gasteiger partial charge in [0.25, 0.3) is 0 Å². The molecule has 1 aliphatic heterocycles. The Hall–Kier alpha value is -0.800. The Morgan fingerprint density at radius 2 is 1.95 bits per heavy atom. The molecule has 1 fully saturated rings. The van der Waals surface area contributed by atoms with Crippen molar-refractivity contribution >= 4 is 29.1 Å². The molecular formula is C15H20Cl2FNO. The van der Waals surface area contributed by atoms with Crippen LogP contribution in [-0.4, -0.2) is 23.9 Å². The third-order valence-electron chi connectivity index (χ3n) is 3.32. The van der Waals surface area contributed by atoms with Crippen LogP contribution in [0.5, 0.6) is 0 Å². The van der Waals surface area contributed by atoms with Gasteiger partial charge in [0.2, 0.25) is 5.91 Å². The first kappa shape index (κ1) is 17.3. The van der Waals surface area contributed by atoms with Crippen molar-refractivity contribution in [2.75, 3.05) is 13.1 Å². The molecule has 0 saturated carbocycles. The van der Waals surface area contributed by atoms with Crippen molar-refractivity contribution in [2.45, 2.75) is 39.3 Å². The number of benzene rings is 1. The fourth-order valence-corrected chi connectivity index (χ4v) is 2.59. The van der Waals surface area contributed by atoms with Crippen molar-refractivity contribution in [1.82, 2.24) is 4.90 Å². The van der Waals surface area contributed by atoms with Crippen molar-refractivity contribution in [1.29, 1.82) is 0 Å². The van der Waals surface area contributed by atoms with E-state index in [1.54, 1.807) is 18.2 Å². The number of likely N-dealkylation sites (tertiary alicyclic amines) is 1. The topological polar surface area (TPSA) is 20.3 Å². The minimum atomic E-state index is -1.53. The molecule has 0 N–H and O–H groups in total. The Morgan fingerprint density at radius 3 is 2.50 bits per heavy atom. The second-order valence-electron chi connectivity index (χ2n) is 4.64. The quantitative estimate of drug-likeness (QED) is 0.726. The number of rotatable bonds is 1. The van der Waals surface area contributed by atoms with Crippen LogP contribution in [0.1, 0.15) is 39.2 Å². The largest absolute Gasteiger partial charge is 0.339 e. The summed E-state index contributed by atoms with van der Waals surface area (Å²) in [5.41, 5.74) is -1.04. The number of hydrogen-bond acceptors (Lipinski definition) is 1. The van der Waals surface area contributed by atoms with Gasteiger partial charge in [-0.3, -0.25) is 4.79 Å². The summed E-state index contributed by atoms with van der Waals surface area (Å²) in [4.78, 5) is 12.9. The van der Waals surface area contributed by atoms with E-state index in [0.717, 1.165) is 0 Å². The molecule has 1 heterocycles. The summed E-state index contributed by atoms with van der Waals surface area (Å²) in [5, 5.41) is 0.745. The number of piperidine rings is 1. The zero-order valence-corrected chi connectivity index (χ0v) is 13.6. The van der Waals surface area contributed by atoms with Crippen LogP contribution in [0.4, 0.5) is 4.39 Å². The van der Waals surface area contributed by atoms with E-state index in [-0.39, 0.29) is 12.5 Å². The number of hydrogen-bond donors (Lipinski definition) is 0. The average Bonchev–Trinajstić information content (AvgIpc) is 2.44. The number of amides is 1. The van der Waals surface area contributed by atoms with E-state index >= 15 is 0 Å². The summed E-state index contributed by atoms with van der Waals surface area (Å²) >= 11 is 11.7. The van der Waals surface area contributed by atoms with Crippen LogP contribution in [0, 0.1) is 0 Å². The second-order valence-corrected chi connectivity index (χ2v) is 5.45. The highest BCUT2D eigenvalue weighted by molar-refractivity contribution is 6.42. The van der Waals surface area contributed by atoms with Crippen LogP contribution >= 0.6 is 23.2 Å². The van der Waals surface area contributed by atoms with E-state index in [1.165, 1.54) is 11.8 Å². The lowest BCUT2D eigenvalue weighted by molar-refractivity contribution is -0.133. The third-order valence-corrected chi connectivity index (χ3v) is 4.06. The molecule has 112 valence electrons. The lowest BCUT2D eigenvalue weighted by Crippen LogP contribution is -2.45. The summed E-state index contributed by atoms with van der Waals surface area (Å²) in [6.45, 7) is 6.16. The Labute approximate surface area is 129 Å². The van der Waals surface area contributed by atoms with E-state index in [4.69, 9.17) is 23.2 Å². The molecule has 1 amide bonds. The van der Waals surface area contributed by atoms with E-state index in [9.17, 15) is 9.18 Å². The molecule has 1 aromatic rings. The molecule has 1 saturated heterocycles. The Morgan fingerprint density at radius 1 is 1.30 bits per heavy atom. The van der Waals surface area contributed by atoms with Crippen LogP contribution in [0.3, 0.4) is 0 Å². The first-order valence-electron chi connectivity index (χ1n) is 6.82. The highest BCUT2D eigenvalue weighted by Crippen LogP contribution is 2.38. The van der Waals surface area contributed by atoms with Crippen molar-refractivity contribution in [3.63, 3.8) is 0 Å². The first-order valence-corrected chi connectivity index (χ1v) is 7.58. The standard InChI is InChI=1S/C13H14Cl2FNO.C2H6/c1-9(18)17-6-2-5-13(16,8-17)10-3-4-11(14)12(15)7-10;1-2/h3-4,7H,2,5-6,8H2,1H3;1-2H3. The van der Waals surface area contributed by atoms with Gasteiger partial charge in [-0.25, -0.2) is 4.39 Å². The van der Waals surface area contributed by atoms with Gasteiger partial charge >= 0.3 is 0 Å². The number of carbonyl (C=O) groups excluding carboxylic acids is 1. The zero-order valence-electron chi connectivity index (χ0n) is 12.0. The van der Waals surface area contributed by atoms with Gasteiger partial charge in [-0.2, -0.15) is 0 Å².